The molecule has 0 radical (unpaired) electrons. The Bertz CT molecular complexity index is 1190. The number of benzene rings is 1. The van der Waals surface area contributed by atoms with E-state index in [0.717, 1.165) is 18.3 Å². The maximum Gasteiger partial charge on any atom is 0.416 e. The van der Waals surface area contributed by atoms with Crippen LogP contribution in [0, 0.1) is 6.92 Å². The summed E-state index contributed by atoms with van der Waals surface area (Å²) in [6.07, 6.45) is -2.30. The second-order valence-corrected chi connectivity index (χ2v) is 9.36. The highest BCUT2D eigenvalue weighted by molar-refractivity contribution is 7.89. The van der Waals surface area contributed by atoms with E-state index in [0.29, 0.717) is 0 Å². The zero-order valence-electron chi connectivity index (χ0n) is 17.4. The van der Waals surface area contributed by atoms with E-state index < -0.39 is 39.3 Å². The highest BCUT2D eigenvalue weighted by Gasteiger charge is 2.40. The highest BCUT2D eigenvalue weighted by Crippen LogP contribution is 2.36. The minimum absolute atomic E-state index is 0.0101. The van der Waals surface area contributed by atoms with E-state index in [2.05, 4.69) is 16.6 Å². The summed E-state index contributed by atoms with van der Waals surface area (Å²) >= 11 is 0. The molecule has 8 nitrogen and oxygen atoms in total. The Morgan fingerprint density at radius 2 is 2.06 bits per heavy atom. The van der Waals surface area contributed by atoms with Gasteiger partial charge in [-0.2, -0.15) is 13.2 Å². The van der Waals surface area contributed by atoms with Gasteiger partial charge in [0, 0.05) is 18.9 Å². The first kappa shape index (κ1) is 23.8. The molecular formula is C20H22F3N3O5S. The largest absolute Gasteiger partial charge is 0.488 e. The van der Waals surface area contributed by atoms with Crippen molar-refractivity contribution in [3.8, 4) is 5.75 Å². The first-order chi connectivity index (χ1) is 14.7. The van der Waals surface area contributed by atoms with Crippen LogP contribution >= 0.6 is 0 Å². The van der Waals surface area contributed by atoms with Crippen LogP contribution in [0.4, 0.5) is 18.9 Å². The topological polar surface area (TPSA) is 110 Å². The molecule has 0 saturated carbocycles. The van der Waals surface area contributed by atoms with E-state index in [4.69, 9.17) is 4.74 Å². The lowest BCUT2D eigenvalue weighted by Gasteiger charge is -2.28. The third-order valence-corrected chi connectivity index (χ3v) is 6.68. The van der Waals surface area contributed by atoms with E-state index >= 15 is 0 Å². The molecule has 0 bridgehead atoms. The third-order valence-electron chi connectivity index (χ3n) is 5.22. The van der Waals surface area contributed by atoms with Crippen LogP contribution in [-0.4, -0.2) is 42.2 Å². The predicted octanol–water partition coefficient (Wildman–Crippen LogP) is 2.58. The van der Waals surface area contributed by atoms with Crippen molar-refractivity contribution in [2.24, 2.45) is 7.05 Å². The summed E-state index contributed by atoms with van der Waals surface area (Å²) in [7, 11) is -2.79. The van der Waals surface area contributed by atoms with Crippen LogP contribution in [0.2, 0.25) is 0 Å². The smallest absolute Gasteiger partial charge is 0.416 e. The number of fused-ring (bicyclic) bond motifs is 1. The van der Waals surface area contributed by atoms with E-state index in [1.54, 1.807) is 0 Å². The van der Waals surface area contributed by atoms with Gasteiger partial charge in [0.05, 0.1) is 17.2 Å². The molecule has 174 valence electrons. The summed E-state index contributed by atoms with van der Waals surface area (Å²) in [6.45, 7) is 5.79. The van der Waals surface area contributed by atoms with Crippen molar-refractivity contribution in [1.29, 1.82) is 0 Å². The number of carbonyl (C=O) groups excluding carboxylic acids is 1. The number of aryl methyl sites for hydroxylation is 2. The van der Waals surface area contributed by atoms with Gasteiger partial charge < -0.3 is 19.7 Å². The summed E-state index contributed by atoms with van der Waals surface area (Å²) in [5.74, 6) is -1.14. The van der Waals surface area contributed by atoms with Crippen molar-refractivity contribution >= 4 is 21.6 Å². The van der Waals surface area contributed by atoms with Crippen LogP contribution in [0.3, 0.4) is 0 Å². The van der Waals surface area contributed by atoms with Crippen LogP contribution in [0.5, 0.6) is 5.75 Å². The van der Waals surface area contributed by atoms with Gasteiger partial charge >= 0.3 is 6.18 Å². The molecule has 2 aromatic rings. The van der Waals surface area contributed by atoms with Crippen LogP contribution in [0.25, 0.3) is 0 Å². The lowest BCUT2D eigenvalue weighted by Crippen LogP contribution is -2.51. The van der Waals surface area contributed by atoms with Gasteiger partial charge in [0.15, 0.2) is 11.4 Å². The predicted molar refractivity (Wildman–Crippen MR) is 110 cm³/mol. The van der Waals surface area contributed by atoms with E-state index in [1.807, 2.05) is 0 Å². The van der Waals surface area contributed by atoms with E-state index in [-0.39, 0.29) is 34.2 Å². The van der Waals surface area contributed by atoms with Crippen molar-refractivity contribution in [1.82, 2.24) is 9.29 Å². The zero-order valence-corrected chi connectivity index (χ0v) is 18.3. The number of anilines is 1. The number of nitrogens with one attached hydrogen (secondary N) is 2. The maximum absolute atomic E-state index is 13.2. The van der Waals surface area contributed by atoms with Gasteiger partial charge in [-0.3, -0.25) is 4.79 Å². The molecule has 1 aliphatic rings. The Kier molecular flexibility index (Phi) is 5.91. The van der Waals surface area contributed by atoms with Crippen LogP contribution in [0.15, 0.2) is 41.9 Å². The first-order valence-electron chi connectivity index (χ1n) is 9.37. The van der Waals surface area contributed by atoms with Crippen LogP contribution < -0.4 is 14.8 Å². The van der Waals surface area contributed by atoms with Crippen molar-refractivity contribution in [3.63, 3.8) is 0 Å². The van der Waals surface area contributed by atoms with Gasteiger partial charge in [-0.05, 0) is 31.5 Å². The molecule has 12 heteroatoms. The summed E-state index contributed by atoms with van der Waals surface area (Å²) in [4.78, 5) is 12.6. The van der Waals surface area contributed by atoms with Crippen molar-refractivity contribution in [3.05, 3.63) is 53.9 Å². The number of nitrogens with zero attached hydrogens (tertiary/aromatic N) is 1. The molecule has 1 amide bonds. The zero-order chi connectivity index (χ0) is 24.1. The molecule has 0 spiro atoms. The number of sulfonamides is 1. The minimum Gasteiger partial charge on any atom is -0.488 e. The molecule has 0 unspecified atom stereocenters. The molecule has 2 atom stereocenters. The van der Waals surface area contributed by atoms with Gasteiger partial charge in [0.2, 0.25) is 10.0 Å². The molecule has 0 aliphatic carbocycles. The molecule has 0 saturated heterocycles. The number of rotatable bonds is 4. The molecule has 1 aliphatic heterocycles. The quantitative estimate of drug-likeness (QED) is 0.592. The number of aromatic nitrogens is 1. The average molecular weight is 473 g/mol. The second kappa shape index (κ2) is 7.94. The van der Waals surface area contributed by atoms with E-state index in [1.165, 1.54) is 37.6 Å². The Morgan fingerprint density at radius 1 is 1.41 bits per heavy atom. The molecule has 3 rings (SSSR count). The normalized spacial score (nSPS) is 19.8. The van der Waals surface area contributed by atoms with Crippen molar-refractivity contribution in [2.45, 2.75) is 36.6 Å². The summed E-state index contributed by atoms with van der Waals surface area (Å²) in [6, 6.07) is 2.23. The fourth-order valence-electron chi connectivity index (χ4n) is 3.25. The number of halogens is 3. The summed E-state index contributed by atoms with van der Waals surface area (Å²) < 4.78 is 74.2. The molecule has 1 aromatic carbocycles. The Balaban J connectivity index is 1.98. The molecule has 32 heavy (non-hydrogen) atoms. The molecule has 3 N–H and O–H groups in total. The lowest BCUT2D eigenvalue weighted by atomic mass is 9.98. The highest BCUT2D eigenvalue weighted by atomic mass is 32.2. The standard InChI is InChI=1S/C20H22F3N3O5S/c1-5-19(3,28)15-10-31-17-14(32(29,30)25-15)9-26(4)16(17)18(27)24-12-7-6-11(2)13(8-12)20(21,22)23/h5-9,15,25,28H,1,10H2,2-4H3,(H,24,27)/t15-,19+/m0/s1. The monoisotopic (exact) mass is 473 g/mol. The number of ether oxygens (including phenoxy) is 1. The Labute approximate surface area is 182 Å². The molecule has 1 aromatic heterocycles. The van der Waals surface area contributed by atoms with E-state index in [9.17, 15) is 31.5 Å². The van der Waals surface area contributed by atoms with Gasteiger partial charge in [-0.25, -0.2) is 13.1 Å². The number of amides is 1. The lowest BCUT2D eigenvalue weighted by molar-refractivity contribution is -0.138. The summed E-state index contributed by atoms with van der Waals surface area (Å²) in [5.41, 5.74) is -2.89. The van der Waals surface area contributed by atoms with Gasteiger partial charge in [0.25, 0.3) is 5.91 Å². The van der Waals surface area contributed by atoms with Gasteiger partial charge in [-0.15, -0.1) is 6.58 Å². The van der Waals surface area contributed by atoms with Crippen LogP contribution in [-0.2, 0) is 23.2 Å². The number of hydrogen-bond acceptors (Lipinski definition) is 5. The fraction of sp³-hybridized carbons (Fsp3) is 0.350. The Morgan fingerprint density at radius 3 is 2.66 bits per heavy atom. The van der Waals surface area contributed by atoms with Crippen LogP contribution in [0.1, 0.15) is 28.5 Å². The molecule has 2 heterocycles. The number of carbonyl (C=O) groups is 1. The van der Waals surface area contributed by atoms with Crippen molar-refractivity contribution < 1.29 is 36.2 Å². The molecule has 0 fully saturated rings. The van der Waals surface area contributed by atoms with Gasteiger partial charge in [-0.1, -0.05) is 12.1 Å². The minimum atomic E-state index is -4.60. The van der Waals surface area contributed by atoms with Crippen molar-refractivity contribution in [2.75, 3.05) is 11.9 Å². The molecular weight excluding hydrogens is 451 g/mol. The maximum atomic E-state index is 13.2. The number of hydrogen-bond donors (Lipinski definition) is 3. The SMILES string of the molecule is C=C[C@@](C)(O)[C@@H]1COc2c(cn(C)c2C(=O)Nc2ccc(C)c(C(F)(F)F)c2)S(=O)(=O)N1. The Hall–Kier alpha value is -2.83. The first-order valence-corrected chi connectivity index (χ1v) is 10.9. The number of alkyl halides is 3. The average Bonchev–Trinajstić information content (AvgIpc) is 2.96. The fourth-order valence-corrected chi connectivity index (χ4v) is 4.75. The summed E-state index contributed by atoms with van der Waals surface area (Å²) in [5, 5.41) is 12.7. The second-order valence-electron chi connectivity index (χ2n) is 7.68. The third kappa shape index (κ3) is 4.38. The van der Waals surface area contributed by atoms with Gasteiger partial charge in [0.1, 0.15) is 11.5 Å². The number of aliphatic hydroxyl groups is 1.